The lowest BCUT2D eigenvalue weighted by Crippen LogP contribution is -2.50. The van der Waals surface area contributed by atoms with Gasteiger partial charge >= 0.3 is 5.97 Å². The number of carboxylic acids is 1. The van der Waals surface area contributed by atoms with Gasteiger partial charge in [-0.15, -0.1) is 0 Å². The largest absolute Gasteiger partial charge is 0.477 e. The average Bonchev–Trinajstić information content (AvgIpc) is 3.52. The molecule has 36 heavy (non-hydrogen) atoms. The Hall–Kier alpha value is -3.60. The Bertz CT molecular complexity index is 1150. The maximum absolute atomic E-state index is 12.3. The van der Waals surface area contributed by atoms with Crippen LogP contribution in [-0.2, 0) is 9.59 Å². The molecule has 190 valence electrons. The van der Waals surface area contributed by atoms with Crippen LogP contribution in [0.3, 0.4) is 0 Å². The van der Waals surface area contributed by atoms with E-state index in [0.29, 0.717) is 42.8 Å². The number of nitrogens with one attached hydrogen (secondary N) is 1. The maximum atomic E-state index is 12.3. The molecule has 2 fully saturated rings. The van der Waals surface area contributed by atoms with Gasteiger partial charge in [-0.1, -0.05) is 12.8 Å². The highest BCUT2D eigenvalue weighted by Gasteiger charge is 2.40. The first-order valence-electron chi connectivity index (χ1n) is 12.5. The SMILES string of the molecule is CN(C)CC(=O)N1CCN(c2ccc(Nc3ncc4c(n3)C(C3CCCC3)C(C(=O)O)=N4)nc2)CC1. The van der Waals surface area contributed by atoms with Gasteiger partial charge in [0.05, 0.1) is 36.2 Å². The molecule has 1 unspecified atom stereocenters. The molecule has 1 aliphatic carbocycles. The molecule has 1 amide bonds. The summed E-state index contributed by atoms with van der Waals surface area (Å²) in [6.07, 6.45) is 7.59. The van der Waals surface area contributed by atoms with E-state index in [4.69, 9.17) is 0 Å². The zero-order valence-corrected chi connectivity index (χ0v) is 20.7. The number of anilines is 3. The highest BCUT2D eigenvalue weighted by atomic mass is 16.4. The van der Waals surface area contributed by atoms with Gasteiger partial charge in [-0.25, -0.2) is 24.7 Å². The fourth-order valence-electron chi connectivity index (χ4n) is 5.36. The summed E-state index contributed by atoms with van der Waals surface area (Å²) < 4.78 is 0. The number of rotatable bonds is 7. The molecular formula is C25H32N8O3. The lowest BCUT2D eigenvalue weighted by Gasteiger charge is -2.36. The van der Waals surface area contributed by atoms with E-state index in [1.54, 1.807) is 12.4 Å². The minimum Gasteiger partial charge on any atom is -0.477 e. The molecular weight excluding hydrogens is 460 g/mol. The van der Waals surface area contributed by atoms with Gasteiger partial charge in [0.15, 0.2) is 0 Å². The number of aromatic nitrogens is 3. The van der Waals surface area contributed by atoms with Gasteiger partial charge in [-0.05, 0) is 45.0 Å². The third-order valence-corrected chi connectivity index (χ3v) is 7.16. The van der Waals surface area contributed by atoms with Crippen molar-refractivity contribution < 1.29 is 14.7 Å². The minimum absolute atomic E-state index is 0.155. The van der Waals surface area contributed by atoms with Gasteiger partial charge in [0.2, 0.25) is 11.9 Å². The van der Waals surface area contributed by atoms with Crippen LogP contribution in [0.5, 0.6) is 0 Å². The summed E-state index contributed by atoms with van der Waals surface area (Å²) in [7, 11) is 3.80. The molecule has 11 heteroatoms. The van der Waals surface area contributed by atoms with Gasteiger partial charge in [0, 0.05) is 26.2 Å². The number of fused-ring (bicyclic) bond motifs is 1. The van der Waals surface area contributed by atoms with Crippen molar-refractivity contribution in [3.63, 3.8) is 0 Å². The van der Waals surface area contributed by atoms with E-state index in [9.17, 15) is 14.7 Å². The van der Waals surface area contributed by atoms with Gasteiger partial charge in [-0.3, -0.25) is 4.79 Å². The molecule has 0 spiro atoms. The van der Waals surface area contributed by atoms with Crippen LogP contribution in [0.2, 0.25) is 0 Å². The van der Waals surface area contributed by atoms with E-state index < -0.39 is 5.97 Å². The Morgan fingerprint density at radius 1 is 1.08 bits per heavy atom. The van der Waals surface area contributed by atoms with Gasteiger partial charge in [0.1, 0.15) is 17.2 Å². The zero-order chi connectivity index (χ0) is 25.2. The fraction of sp³-hybridized carbons (Fsp3) is 0.520. The smallest absolute Gasteiger partial charge is 0.350 e. The van der Waals surface area contributed by atoms with E-state index in [-0.39, 0.29) is 23.5 Å². The number of aliphatic imine (C=N–C) groups is 1. The summed E-state index contributed by atoms with van der Waals surface area (Å²) in [5.74, 6) is 0.115. The number of amides is 1. The number of likely N-dealkylation sites (N-methyl/N-ethyl adjacent to an activating group) is 1. The highest BCUT2D eigenvalue weighted by Crippen LogP contribution is 2.45. The summed E-state index contributed by atoms with van der Waals surface area (Å²) in [5.41, 5.74) is 2.40. The van der Waals surface area contributed by atoms with E-state index >= 15 is 0 Å². The van der Waals surface area contributed by atoms with Crippen molar-refractivity contribution in [1.82, 2.24) is 24.8 Å². The van der Waals surface area contributed by atoms with Crippen molar-refractivity contribution in [3.05, 3.63) is 30.2 Å². The van der Waals surface area contributed by atoms with Crippen LogP contribution in [0.4, 0.5) is 23.1 Å². The molecule has 11 nitrogen and oxygen atoms in total. The number of carboxylic acid groups (broad SMARTS) is 1. The topological polar surface area (TPSA) is 127 Å². The molecule has 1 saturated heterocycles. The lowest BCUT2D eigenvalue weighted by molar-refractivity contribution is -0.132. The molecule has 0 bridgehead atoms. The number of carbonyl (C=O) groups excluding carboxylic acids is 1. The lowest BCUT2D eigenvalue weighted by atomic mass is 9.85. The summed E-state index contributed by atoms with van der Waals surface area (Å²) >= 11 is 0. The van der Waals surface area contributed by atoms with Crippen molar-refractivity contribution in [2.45, 2.75) is 31.6 Å². The first-order chi connectivity index (χ1) is 17.4. The summed E-state index contributed by atoms with van der Waals surface area (Å²) in [4.78, 5) is 48.0. The summed E-state index contributed by atoms with van der Waals surface area (Å²) in [6.45, 7) is 3.33. The molecule has 5 rings (SSSR count). The predicted octanol–water partition coefficient (Wildman–Crippen LogP) is 2.27. The van der Waals surface area contributed by atoms with Crippen LogP contribution in [0.1, 0.15) is 37.3 Å². The van der Waals surface area contributed by atoms with Crippen molar-refractivity contribution in [1.29, 1.82) is 0 Å². The molecule has 2 N–H and O–H groups in total. The highest BCUT2D eigenvalue weighted by molar-refractivity contribution is 6.39. The minimum atomic E-state index is -0.987. The quantitative estimate of drug-likeness (QED) is 0.598. The molecule has 0 aromatic carbocycles. The molecule has 1 saturated carbocycles. The zero-order valence-electron chi connectivity index (χ0n) is 20.7. The predicted molar refractivity (Wildman–Crippen MR) is 136 cm³/mol. The van der Waals surface area contributed by atoms with Gasteiger partial charge < -0.3 is 25.1 Å². The Labute approximate surface area is 210 Å². The molecule has 2 aromatic rings. The third kappa shape index (κ3) is 5.01. The standard InChI is InChI=1S/C25H32N8O3/c1-31(2)15-20(34)33-11-9-32(10-12-33)17-7-8-19(26-13-17)29-25-27-14-18-22(30-25)21(16-5-3-4-6-16)23(28-18)24(35)36/h7-8,13-14,16,21H,3-6,9-12,15H2,1-2H3,(H,35,36)(H,26,27,29,30). The number of piperazine rings is 1. The molecule has 0 radical (unpaired) electrons. The van der Waals surface area contributed by atoms with Crippen LogP contribution in [0.15, 0.2) is 29.5 Å². The summed E-state index contributed by atoms with van der Waals surface area (Å²) in [5, 5.41) is 12.9. The molecule has 2 aliphatic heterocycles. The van der Waals surface area contributed by atoms with Crippen LogP contribution >= 0.6 is 0 Å². The van der Waals surface area contributed by atoms with E-state index in [1.165, 1.54) is 0 Å². The second-order valence-corrected chi connectivity index (χ2v) is 9.92. The van der Waals surface area contributed by atoms with Crippen molar-refractivity contribution in [2.75, 3.05) is 57.0 Å². The van der Waals surface area contributed by atoms with Crippen molar-refractivity contribution >= 4 is 40.7 Å². The first kappa shape index (κ1) is 24.1. The average molecular weight is 493 g/mol. The number of aliphatic carboxylic acids is 1. The van der Waals surface area contributed by atoms with E-state index in [0.717, 1.165) is 44.5 Å². The Morgan fingerprint density at radius 3 is 2.47 bits per heavy atom. The van der Waals surface area contributed by atoms with Crippen molar-refractivity contribution in [3.8, 4) is 0 Å². The number of hydrogen-bond donors (Lipinski definition) is 2. The number of carbonyl (C=O) groups is 2. The number of pyridine rings is 1. The third-order valence-electron chi connectivity index (χ3n) is 7.16. The number of nitrogens with zero attached hydrogens (tertiary/aromatic N) is 7. The van der Waals surface area contributed by atoms with E-state index in [2.05, 4.69) is 30.2 Å². The normalized spacial score (nSPS) is 20.0. The molecule has 4 heterocycles. The van der Waals surface area contributed by atoms with Crippen LogP contribution in [0.25, 0.3) is 0 Å². The fourth-order valence-corrected chi connectivity index (χ4v) is 5.36. The molecule has 1 atom stereocenters. The second kappa shape index (κ2) is 10.2. The Balaban J connectivity index is 1.23. The Morgan fingerprint density at radius 2 is 1.83 bits per heavy atom. The first-order valence-corrected chi connectivity index (χ1v) is 12.5. The van der Waals surface area contributed by atoms with Gasteiger partial charge in [-0.2, -0.15) is 0 Å². The Kier molecular flexibility index (Phi) is 6.82. The maximum Gasteiger partial charge on any atom is 0.350 e. The monoisotopic (exact) mass is 492 g/mol. The van der Waals surface area contributed by atoms with E-state index in [1.807, 2.05) is 36.0 Å². The van der Waals surface area contributed by atoms with Gasteiger partial charge in [0.25, 0.3) is 0 Å². The summed E-state index contributed by atoms with van der Waals surface area (Å²) in [6, 6.07) is 3.87. The number of hydrogen-bond acceptors (Lipinski definition) is 9. The van der Waals surface area contributed by atoms with Crippen LogP contribution in [0, 0.1) is 5.92 Å². The second-order valence-electron chi connectivity index (χ2n) is 9.92. The molecule has 3 aliphatic rings. The van der Waals surface area contributed by atoms with Crippen molar-refractivity contribution in [2.24, 2.45) is 10.9 Å². The molecule has 2 aromatic heterocycles. The van der Waals surface area contributed by atoms with Crippen LogP contribution in [-0.4, -0.2) is 94.3 Å². The van der Waals surface area contributed by atoms with Crippen LogP contribution < -0.4 is 10.2 Å².